The Hall–Kier alpha value is -1.49. The van der Waals surface area contributed by atoms with Crippen LogP contribution in [0.2, 0.25) is 0 Å². The van der Waals surface area contributed by atoms with Gasteiger partial charge >= 0.3 is 11.9 Å². The van der Waals surface area contributed by atoms with Crippen LogP contribution in [0.3, 0.4) is 0 Å². The molecular weight excluding hydrogens is 312 g/mol. The lowest BCUT2D eigenvalue weighted by Gasteiger charge is -2.19. The molecule has 0 heterocycles. The number of ether oxygens (including phenoxy) is 2. The third-order valence-corrected chi connectivity index (χ3v) is 3.98. The highest BCUT2D eigenvalue weighted by atomic mass is 32.1. The molecule has 23 heavy (non-hydrogen) atoms. The topological polar surface area (TPSA) is 52.6 Å². The van der Waals surface area contributed by atoms with Crippen molar-refractivity contribution in [2.45, 2.75) is 51.9 Å². The van der Waals surface area contributed by atoms with E-state index in [2.05, 4.69) is 12.6 Å². The van der Waals surface area contributed by atoms with Crippen molar-refractivity contribution < 1.29 is 19.1 Å². The second kappa shape index (κ2) is 10.3. The molecule has 0 fully saturated rings. The Morgan fingerprint density at radius 1 is 1.13 bits per heavy atom. The molecule has 0 N–H and O–H groups in total. The molecule has 5 heteroatoms. The van der Waals surface area contributed by atoms with Crippen LogP contribution < -0.4 is 0 Å². The van der Waals surface area contributed by atoms with Gasteiger partial charge in [-0.05, 0) is 37.8 Å². The molecule has 0 saturated heterocycles. The van der Waals surface area contributed by atoms with Crippen molar-refractivity contribution in [3.8, 4) is 0 Å². The lowest BCUT2D eigenvalue weighted by molar-refractivity contribution is -0.154. The number of carbonyl (C=O) groups is 2. The van der Waals surface area contributed by atoms with Crippen LogP contribution in [0.5, 0.6) is 0 Å². The van der Waals surface area contributed by atoms with E-state index in [0.29, 0.717) is 25.2 Å². The van der Waals surface area contributed by atoms with Crippen molar-refractivity contribution >= 4 is 24.6 Å². The Labute approximate surface area is 144 Å². The van der Waals surface area contributed by atoms with Gasteiger partial charge in [0.25, 0.3) is 0 Å². The zero-order chi connectivity index (χ0) is 17.2. The van der Waals surface area contributed by atoms with E-state index in [1.165, 1.54) is 0 Å². The van der Waals surface area contributed by atoms with Gasteiger partial charge in [-0.25, -0.2) is 0 Å². The molecule has 0 aliphatic heterocycles. The van der Waals surface area contributed by atoms with Crippen molar-refractivity contribution in [3.63, 3.8) is 0 Å². The number of carbonyl (C=O) groups excluding carboxylic acids is 2. The predicted octanol–water partition coefficient (Wildman–Crippen LogP) is 3.57. The minimum absolute atomic E-state index is 0.222. The second-order valence-corrected chi connectivity index (χ2v) is 5.86. The standard InChI is InChI=1S/C18H26O4S/c1-4-16(18(20)21-5-2)10-13(3)22-17(19)11-14-6-8-15(12-23)9-7-14/h6-9,13,16,23H,4-5,10-12H2,1-3H3. The van der Waals surface area contributed by atoms with E-state index in [1.54, 1.807) is 6.92 Å². The maximum absolute atomic E-state index is 12.0. The number of rotatable bonds is 9. The molecule has 2 unspecified atom stereocenters. The fourth-order valence-electron chi connectivity index (χ4n) is 2.33. The summed E-state index contributed by atoms with van der Waals surface area (Å²) in [5.74, 6) is -0.0592. The maximum Gasteiger partial charge on any atom is 0.310 e. The first-order valence-electron chi connectivity index (χ1n) is 8.04. The highest BCUT2D eigenvalue weighted by Crippen LogP contribution is 2.16. The summed E-state index contributed by atoms with van der Waals surface area (Å²) in [6, 6.07) is 7.72. The number of benzene rings is 1. The van der Waals surface area contributed by atoms with Crippen molar-refractivity contribution in [1.82, 2.24) is 0 Å². The summed E-state index contributed by atoms with van der Waals surface area (Å²) in [7, 11) is 0. The van der Waals surface area contributed by atoms with Gasteiger partial charge in [0.05, 0.1) is 25.0 Å². The first kappa shape index (κ1) is 19.6. The lowest BCUT2D eigenvalue weighted by atomic mass is 9.99. The fraction of sp³-hybridized carbons (Fsp3) is 0.556. The zero-order valence-corrected chi connectivity index (χ0v) is 15.0. The Balaban J connectivity index is 2.47. The Morgan fingerprint density at radius 3 is 2.26 bits per heavy atom. The normalized spacial score (nSPS) is 13.2. The molecule has 0 spiro atoms. The lowest BCUT2D eigenvalue weighted by Crippen LogP contribution is -2.25. The third kappa shape index (κ3) is 7.08. The summed E-state index contributed by atoms with van der Waals surface area (Å²) >= 11 is 4.20. The van der Waals surface area contributed by atoms with Crippen LogP contribution in [-0.2, 0) is 31.2 Å². The SMILES string of the molecule is CCOC(=O)C(CC)CC(C)OC(=O)Cc1ccc(CS)cc1. The summed E-state index contributed by atoms with van der Waals surface area (Å²) in [5.41, 5.74) is 2.02. The summed E-state index contributed by atoms with van der Waals surface area (Å²) < 4.78 is 10.4. The fourth-order valence-corrected chi connectivity index (χ4v) is 2.54. The van der Waals surface area contributed by atoms with Gasteiger partial charge in [0.15, 0.2) is 0 Å². The smallest absolute Gasteiger partial charge is 0.310 e. The molecule has 128 valence electrons. The van der Waals surface area contributed by atoms with Gasteiger partial charge in [0.2, 0.25) is 0 Å². The van der Waals surface area contributed by atoms with E-state index in [0.717, 1.165) is 11.1 Å². The average molecular weight is 338 g/mol. The molecular formula is C18H26O4S. The van der Waals surface area contributed by atoms with Crippen LogP contribution in [0.1, 0.15) is 44.7 Å². The van der Waals surface area contributed by atoms with Crippen LogP contribution in [0.25, 0.3) is 0 Å². The van der Waals surface area contributed by atoms with E-state index < -0.39 is 0 Å². The van der Waals surface area contributed by atoms with Crippen LogP contribution in [0, 0.1) is 5.92 Å². The molecule has 0 saturated carbocycles. The van der Waals surface area contributed by atoms with Crippen molar-refractivity contribution in [1.29, 1.82) is 0 Å². The van der Waals surface area contributed by atoms with Gasteiger partial charge in [-0.15, -0.1) is 0 Å². The molecule has 1 rings (SSSR count). The molecule has 0 amide bonds. The van der Waals surface area contributed by atoms with Gasteiger partial charge in [-0.3, -0.25) is 9.59 Å². The molecule has 1 aromatic rings. The van der Waals surface area contributed by atoms with Crippen LogP contribution in [-0.4, -0.2) is 24.6 Å². The Morgan fingerprint density at radius 2 is 1.74 bits per heavy atom. The first-order chi connectivity index (χ1) is 11.0. The average Bonchev–Trinajstić information content (AvgIpc) is 2.53. The zero-order valence-electron chi connectivity index (χ0n) is 14.1. The molecule has 4 nitrogen and oxygen atoms in total. The van der Waals surface area contributed by atoms with Gasteiger partial charge in [0, 0.05) is 5.75 Å². The number of esters is 2. The molecule has 0 aromatic heterocycles. The molecule has 0 radical (unpaired) electrons. The number of thiol groups is 1. The first-order valence-corrected chi connectivity index (χ1v) is 8.68. The van der Waals surface area contributed by atoms with E-state index in [1.807, 2.05) is 38.1 Å². The minimum atomic E-state index is -0.312. The van der Waals surface area contributed by atoms with Gasteiger partial charge in [0.1, 0.15) is 0 Å². The van der Waals surface area contributed by atoms with Gasteiger partial charge in [-0.2, -0.15) is 12.6 Å². The van der Waals surface area contributed by atoms with E-state index in [4.69, 9.17) is 9.47 Å². The van der Waals surface area contributed by atoms with Gasteiger partial charge < -0.3 is 9.47 Å². The minimum Gasteiger partial charge on any atom is -0.466 e. The highest BCUT2D eigenvalue weighted by molar-refractivity contribution is 7.79. The summed E-state index contributed by atoms with van der Waals surface area (Å²) in [5, 5.41) is 0. The summed E-state index contributed by atoms with van der Waals surface area (Å²) in [6.45, 7) is 5.89. The molecule has 0 aliphatic rings. The number of hydrogen-bond donors (Lipinski definition) is 1. The Bertz CT molecular complexity index is 498. The third-order valence-electron chi connectivity index (χ3n) is 3.62. The van der Waals surface area contributed by atoms with E-state index in [9.17, 15) is 9.59 Å². The Kier molecular flexibility index (Phi) is 8.77. The van der Waals surface area contributed by atoms with Crippen molar-refractivity contribution in [3.05, 3.63) is 35.4 Å². The maximum atomic E-state index is 12.0. The highest BCUT2D eigenvalue weighted by Gasteiger charge is 2.22. The van der Waals surface area contributed by atoms with Crippen LogP contribution in [0.15, 0.2) is 24.3 Å². The predicted molar refractivity (Wildman–Crippen MR) is 93.4 cm³/mol. The van der Waals surface area contributed by atoms with Crippen LogP contribution >= 0.6 is 12.6 Å². The van der Waals surface area contributed by atoms with Crippen LogP contribution in [0.4, 0.5) is 0 Å². The number of hydrogen-bond acceptors (Lipinski definition) is 5. The molecule has 1 aromatic carbocycles. The summed E-state index contributed by atoms with van der Waals surface area (Å²) in [6.07, 6.45) is 1.08. The molecule has 0 aliphatic carbocycles. The second-order valence-electron chi connectivity index (χ2n) is 5.54. The monoisotopic (exact) mass is 338 g/mol. The van der Waals surface area contributed by atoms with Gasteiger partial charge in [-0.1, -0.05) is 31.2 Å². The van der Waals surface area contributed by atoms with Crippen molar-refractivity contribution in [2.24, 2.45) is 5.92 Å². The van der Waals surface area contributed by atoms with Crippen molar-refractivity contribution in [2.75, 3.05) is 6.61 Å². The van der Waals surface area contributed by atoms with E-state index >= 15 is 0 Å². The molecule has 2 atom stereocenters. The quantitative estimate of drug-likeness (QED) is 0.552. The van der Waals surface area contributed by atoms with E-state index in [-0.39, 0.29) is 30.4 Å². The summed E-state index contributed by atoms with van der Waals surface area (Å²) in [4.78, 5) is 23.8. The molecule has 0 bridgehead atoms. The largest absolute Gasteiger partial charge is 0.466 e.